The number of piperidine rings is 2. The van der Waals surface area contributed by atoms with E-state index in [2.05, 4.69) is 22.1 Å². The van der Waals surface area contributed by atoms with Gasteiger partial charge in [-0.15, -0.1) is 0 Å². The van der Waals surface area contributed by atoms with Gasteiger partial charge in [0.05, 0.1) is 0 Å². The zero-order valence-corrected chi connectivity index (χ0v) is 17.7. The van der Waals surface area contributed by atoms with Crippen LogP contribution in [0.4, 0.5) is 0 Å². The van der Waals surface area contributed by atoms with E-state index in [1.54, 1.807) is 0 Å². The van der Waals surface area contributed by atoms with Crippen LogP contribution in [-0.2, 0) is 4.79 Å². The second-order valence-electron chi connectivity index (χ2n) is 8.68. The lowest BCUT2D eigenvalue weighted by molar-refractivity contribution is -0.122. The molecule has 6 nitrogen and oxygen atoms in total. The number of aryl methyl sites for hydroxylation is 2. The van der Waals surface area contributed by atoms with Crippen LogP contribution in [0.2, 0.25) is 0 Å². The minimum Gasteiger partial charge on any atom is -0.355 e. The third-order valence-corrected chi connectivity index (χ3v) is 6.40. The van der Waals surface area contributed by atoms with Gasteiger partial charge in [0.2, 0.25) is 5.91 Å². The average molecular weight is 389 g/mol. The van der Waals surface area contributed by atoms with Gasteiger partial charge in [0.25, 0.3) is 5.91 Å². The molecule has 2 aliphatic rings. The predicted octanol–water partition coefficient (Wildman–Crippen LogP) is 2.86. The van der Waals surface area contributed by atoms with Gasteiger partial charge < -0.3 is 15.2 Å². The number of rotatable bonds is 6. The number of hydrogen-bond acceptors (Lipinski definition) is 3. The van der Waals surface area contributed by atoms with Crippen LogP contribution >= 0.6 is 0 Å². The molecule has 3 heterocycles. The highest BCUT2D eigenvalue weighted by molar-refractivity contribution is 5.94. The molecule has 2 aliphatic heterocycles. The van der Waals surface area contributed by atoms with Crippen LogP contribution in [0.3, 0.4) is 0 Å². The Morgan fingerprint density at radius 3 is 2.54 bits per heavy atom. The minimum atomic E-state index is 0.0872. The van der Waals surface area contributed by atoms with Crippen LogP contribution in [-0.4, -0.2) is 65.4 Å². The summed E-state index contributed by atoms with van der Waals surface area (Å²) in [7, 11) is 0. The third-order valence-electron chi connectivity index (χ3n) is 6.40. The van der Waals surface area contributed by atoms with E-state index in [4.69, 9.17) is 0 Å². The van der Waals surface area contributed by atoms with Crippen LogP contribution in [0.5, 0.6) is 0 Å². The second kappa shape index (κ2) is 9.59. The van der Waals surface area contributed by atoms with Crippen molar-refractivity contribution in [2.75, 3.05) is 32.7 Å². The van der Waals surface area contributed by atoms with Gasteiger partial charge in [-0.05, 0) is 70.5 Å². The lowest BCUT2D eigenvalue weighted by Gasteiger charge is -2.33. The molecule has 2 fully saturated rings. The van der Waals surface area contributed by atoms with Crippen molar-refractivity contribution in [3.63, 3.8) is 0 Å². The molecule has 2 amide bonds. The molecule has 0 aliphatic carbocycles. The van der Waals surface area contributed by atoms with Crippen molar-refractivity contribution in [2.45, 2.75) is 65.3 Å². The van der Waals surface area contributed by atoms with Crippen LogP contribution < -0.4 is 5.32 Å². The first-order chi connectivity index (χ1) is 13.4. The number of nitrogens with zero attached hydrogens (tertiary/aromatic N) is 2. The van der Waals surface area contributed by atoms with Crippen molar-refractivity contribution in [1.82, 2.24) is 20.1 Å². The first kappa shape index (κ1) is 20.9. The van der Waals surface area contributed by atoms with Gasteiger partial charge in [0.1, 0.15) is 5.69 Å². The Morgan fingerprint density at radius 1 is 1.14 bits per heavy atom. The Hall–Kier alpha value is -1.82. The largest absolute Gasteiger partial charge is 0.355 e. The van der Waals surface area contributed by atoms with Crippen molar-refractivity contribution >= 4 is 11.8 Å². The minimum absolute atomic E-state index is 0.0872. The van der Waals surface area contributed by atoms with Crippen LogP contribution in [0, 0.1) is 19.8 Å². The summed E-state index contributed by atoms with van der Waals surface area (Å²) in [6.45, 7) is 10.5. The van der Waals surface area contributed by atoms with Gasteiger partial charge >= 0.3 is 0 Å². The predicted molar refractivity (Wildman–Crippen MR) is 111 cm³/mol. The molecule has 2 N–H and O–H groups in total. The number of carbonyl (C=O) groups excluding carboxylic acids is 2. The van der Waals surface area contributed by atoms with Gasteiger partial charge in [-0.1, -0.05) is 6.42 Å². The average Bonchev–Trinajstić information content (AvgIpc) is 3.01. The standard InChI is InChI=1S/C22H36N4O2/c1-16-14-17(2)24-21(16)22(28)26-11-7-19(8-12-26)15-20(27)23-9-13-25-10-5-4-6-18(25)3/h14,18-19,24H,4-13,15H2,1-3H3,(H,23,27)/t18-/m1/s1. The van der Waals surface area contributed by atoms with E-state index in [9.17, 15) is 9.59 Å². The SMILES string of the molecule is Cc1cc(C)c(C(=O)N2CCC(CC(=O)NCCN3CCCC[C@H]3C)CC2)[nH]1. The molecule has 0 unspecified atom stereocenters. The highest BCUT2D eigenvalue weighted by atomic mass is 16.2. The van der Waals surface area contributed by atoms with E-state index in [0.29, 0.717) is 24.1 Å². The maximum absolute atomic E-state index is 12.7. The number of hydrogen-bond donors (Lipinski definition) is 2. The lowest BCUT2D eigenvalue weighted by atomic mass is 9.93. The zero-order chi connectivity index (χ0) is 20.1. The maximum atomic E-state index is 12.7. The summed E-state index contributed by atoms with van der Waals surface area (Å²) in [4.78, 5) is 32.6. The summed E-state index contributed by atoms with van der Waals surface area (Å²) in [5.41, 5.74) is 2.74. The molecule has 0 spiro atoms. The molecule has 0 aromatic carbocycles. The van der Waals surface area contributed by atoms with Crippen LogP contribution in [0.25, 0.3) is 0 Å². The molecule has 156 valence electrons. The molecule has 3 rings (SSSR count). The normalized spacial score (nSPS) is 21.7. The number of aromatic amines is 1. The van der Waals surface area contributed by atoms with Gasteiger partial charge in [-0.3, -0.25) is 14.5 Å². The number of amides is 2. The molecule has 1 aromatic heterocycles. The van der Waals surface area contributed by atoms with E-state index < -0.39 is 0 Å². The number of nitrogens with one attached hydrogen (secondary N) is 2. The molecule has 28 heavy (non-hydrogen) atoms. The second-order valence-corrected chi connectivity index (χ2v) is 8.68. The summed E-state index contributed by atoms with van der Waals surface area (Å²) in [6, 6.07) is 2.65. The first-order valence-electron chi connectivity index (χ1n) is 10.9. The summed E-state index contributed by atoms with van der Waals surface area (Å²) < 4.78 is 0. The van der Waals surface area contributed by atoms with Gasteiger partial charge in [0, 0.05) is 44.3 Å². The zero-order valence-electron chi connectivity index (χ0n) is 17.7. The Kier molecular flexibility index (Phi) is 7.16. The summed E-state index contributed by atoms with van der Waals surface area (Å²) in [6.07, 6.45) is 6.26. The van der Waals surface area contributed by atoms with Crippen molar-refractivity contribution in [3.05, 3.63) is 23.0 Å². The van der Waals surface area contributed by atoms with E-state index in [1.807, 2.05) is 24.8 Å². The molecule has 1 aromatic rings. The smallest absolute Gasteiger partial charge is 0.270 e. The molecule has 0 saturated carbocycles. The van der Waals surface area contributed by atoms with Crippen LogP contribution in [0.15, 0.2) is 6.07 Å². The van der Waals surface area contributed by atoms with Gasteiger partial charge in [-0.2, -0.15) is 0 Å². The van der Waals surface area contributed by atoms with E-state index in [-0.39, 0.29) is 11.8 Å². The highest BCUT2D eigenvalue weighted by Gasteiger charge is 2.26. The molecule has 2 saturated heterocycles. The first-order valence-corrected chi connectivity index (χ1v) is 10.9. The molecular weight excluding hydrogens is 352 g/mol. The Labute approximate surface area is 169 Å². The van der Waals surface area contributed by atoms with E-state index in [1.165, 1.54) is 19.3 Å². The van der Waals surface area contributed by atoms with Crippen molar-refractivity contribution < 1.29 is 9.59 Å². The van der Waals surface area contributed by atoms with Crippen molar-refractivity contribution in [1.29, 1.82) is 0 Å². The number of likely N-dealkylation sites (tertiary alicyclic amines) is 2. The fraction of sp³-hybridized carbons (Fsp3) is 0.727. The Bertz CT molecular complexity index is 676. The maximum Gasteiger partial charge on any atom is 0.270 e. The summed E-state index contributed by atoms with van der Waals surface area (Å²) in [5.74, 6) is 0.624. The highest BCUT2D eigenvalue weighted by Crippen LogP contribution is 2.23. The topological polar surface area (TPSA) is 68.4 Å². The Balaban J connectivity index is 1.36. The lowest BCUT2D eigenvalue weighted by Crippen LogP contribution is -2.43. The molecule has 6 heteroatoms. The summed E-state index contributed by atoms with van der Waals surface area (Å²) >= 11 is 0. The fourth-order valence-corrected chi connectivity index (χ4v) is 4.61. The molecule has 1 atom stereocenters. The van der Waals surface area contributed by atoms with Gasteiger partial charge in [-0.25, -0.2) is 0 Å². The molecule has 0 radical (unpaired) electrons. The van der Waals surface area contributed by atoms with Gasteiger partial charge in [0.15, 0.2) is 0 Å². The monoisotopic (exact) mass is 388 g/mol. The third kappa shape index (κ3) is 5.37. The fourth-order valence-electron chi connectivity index (χ4n) is 4.61. The quantitative estimate of drug-likeness (QED) is 0.787. The van der Waals surface area contributed by atoms with Crippen molar-refractivity contribution in [3.8, 4) is 0 Å². The Morgan fingerprint density at radius 2 is 1.89 bits per heavy atom. The molecule has 0 bridgehead atoms. The van der Waals surface area contributed by atoms with Crippen LogP contribution in [0.1, 0.15) is 67.2 Å². The van der Waals surface area contributed by atoms with E-state index in [0.717, 1.165) is 56.8 Å². The number of aromatic nitrogens is 1. The number of carbonyl (C=O) groups is 2. The summed E-state index contributed by atoms with van der Waals surface area (Å²) in [5, 5.41) is 3.10. The van der Waals surface area contributed by atoms with E-state index >= 15 is 0 Å². The number of H-pyrrole nitrogens is 1. The van der Waals surface area contributed by atoms with Crippen molar-refractivity contribution in [2.24, 2.45) is 5.92 Å². The molecular formula is C22H36N4O2.